The van der Waals surface area contributed by atoms with E-state index in [1.165, 1.54) is 19.2 Å². The van der Waals surface area contributed by atoms with E-state index in [1.807, 2.05) is 0 Å². The first kappa shape index (κ1) is 12.3. The van der Waals surface area contributed by atoms with Crippen molar-refractivity contribution >= 4 is 5.69 Å². The number of rotatable bonds is 4. The summed E-state index contributed by atoms with van der Waals surface area (Å²) < 4.78 is 26.5. The molecule has 1 aromatic carbocycles. The summed E-state index contributed by atoms with van der Waals surface area (Å²) in [4.78, 5) is 6.83. The molecule has 0 unspecified atom stereocenters. The largest absolute Gasteiger partial charge is 0.371 e. The summed E-state index contributed by atoms with van der Waals surface area (Å²) in [7, 11) is 1.50. The van der Waals surface area contributed by atoms with Crippen molar-refractivity contribution in [3.05, 3.63) is 29.3 Å². The zero-order valence-electron chi connectivity index (χ0n) is 9.80. The molecule has 0 bridgehead atoms. The Morgan fingerprint density at radius 1 is 1.24 bits per heavy atom. The van der Waals surface area contributed by atoms with Gasteiger partial charge in [-0.3, -0.25) is 0 Å². The van der Waals surface area contributed by atoms with Gasteiger partial charge in [0.25, 0.3) is 0 Å². The third-order valence-electron chi connectivity index (χ3n) is 2.98. The van der Waals surface area contributed by atoms with Crippen molar-refractivity contribution in [3.8, 4) is 0 Å². The number of benzene rings is 1. The molecule has 0 atom stereocenters. The van der Waals surface area contributed by atoms with Gasteiger partial charge in [-0.1, -0.05) is 0 Å². The molecule has 5 heteroatoms. The van der Waals surface area contributed by atoms with Crippen molar-refractivity contribution in [2.24, 2.45) is 0 Å². The van der Waals surface area contributed by atoms with E-state index >= 15 is 0 Å². The van der Waals surface area contributed by atoms with E-state index in [0.29, 0.717) is 12.1 Å². The van der Waals surface area contributed by atoms with Crippen LogP contribution in [0.1, 0.15) is 18.4 Å². The number of hydrogen-bond donors (Lipinski definition) is 1. The van der Waals surface area contributed by atoms with Crippen LogP contribution in [0.15, 0.2) is 12.1 Å². The molecule has 0 amide bonds. The van der Waals surface area contributed by atoms with Crippen LogP contribution in [0.5, 0.6) is 0 Å². The molecule has 2 rings (SSSR count). The lowest BCUT2D eigenvalue weighted by molar-refractivity contribution is 0.0867. The summed E-state index contributed by atoms with van der Waals surface area (Å²) in [6.45, 7) is 2.15. The van der Waals surface area contributed by atoms with Gasteiger partial charge in [0.1, 0.15) is 0 Å². The highest BCUT2D eigenvalue weighted by atomic mass is 19.2. The molecule has 0 radical (unpaired) electrons. The Balaban J connectivity index is 2.29. The highest BCUT2D eigenvalue weighted by molar-refractivity contribution is 5.54. The van der Waals surface area contributed by atoms with E-state index in [4.69, 9.17) is 4.84 Å². The van der Waals surface area contributed by atoms with Crippen LogP contribution in [0, 0.1) is 11.6 Å². The van der Waals surface area contributed by atoms with Crippen LogP contribution in [-0.4, -0.2) is 20.2 Å². The zero-order chi connectivity index (χ0) is 12.3. The quantitative estimate of drug-likeness (QED) is 0.819. The van der Waals surface area contributed by atoms with Gasteiger partial charge in [0.15, 0.2) is 11.6 Å². The number of anilines is 1. The highest BCUT2D eigenvalue weighted by Crippen LogP contribution is 2.27. The highest BCUT2D eigenvalue weighted by Gasteiger charge is 2.18. The second-order valence-corrected chi connectivity index (χ2v) is 4.11. The predicted molar refractivity (Wildman–Crippen MR) is 61.7 cm³/mol. The topological polar surface area (TPSA) is 24.5 Å². The van der Waals surface area contributed by atoms with Crippen molar-refractivity contribution < 1.29 is 13.6 Å². The molecular weight excluding hydrogens is 226 g/mol. The fraction of sp³-hybridized carbons (Fsp3) is 0.500. The molecule has 17 heavy (non-hydrogen) atoms. The minimum atomic E-state index is -0.819. The molecule has 3 nitrogen and oxygen atoms in total. The Morgan fingerprint density at radius 3 is 2.53 bits per heavy atom. The second kappa shape index (κ2) is 5.42. The summed E-state index contributed by atoms with van der Waals surface area (Å²) in [6.07, 6.45) is 2.19. The van der Waals surface area contributed by atoms with E-state index in [2.05, 4.69) is 10.4 Å². The second-order valence-electron chi connectivity index (χ2n) is 4.11. The Hall–Kier alpha value is -1.20. The molecule has 94 valence electrons. The van der Waals surface area contributed by atoms with Crippen LogP contribution < -0.4 is 10.4 Å². The maximum Gasteiger partial charge on any atom is 0.160 e. The molecule has 1 aromatic rings. The average Bonchev–Trinajstić information content (AvgIpc) is 2.83. The SMILES string of the molecule is CONCc1cc(F)c(F)cc1N1CCCC1. The summed E-state index contributed by atoms with van der Waals surface area (Å²) in [5, 5.41) is 0. The first-order valence-electron chi connectivity index (χ1n) is 5.71. The van der Waals surface area contributed by atoms with E-state index in [0.717, 1.165) is 31.6 Å². The van der Waals surface area contributed by atoms with Crippen molar-refractivity contribution in [1.82, 2.24) is 5.48 Å². The maximum absolute atomic E-state index is 13.3. The molecule has 0 aliphatic carbocycles. The number of hydrogen-bond acceptors (Lipinski definition) is 3. The predicted octanol–water partition coefficient (Wildman–Crippen LogP) is 2.22. The third kappa shape index (κ3) is 2.73. The molecule has 0 spiro atoms. The van der Waals surface area contributed by atoms with Gasteiger partial charge in [-0.15, -0.1) is 0 Å². The average molecular weight is 242 g/mol. The summed E-state index contributed by atoms with van der Waals surface area (Å²) in [5.41, 5.74) is 4.13. The van der Waals surface area contributed by atoms with Crippen molar-refractivity contribution in [2.45, 2.75) is 19.4 Å². The van der Waals surface area contributed by atoms with E-state index in [1.54, 1.807) is 0 Å². The van der Waals surface area contributed by atoms with Gasteiger partial charge in [0.05, 0.1) is 7.11 Å². The molecule has 1 saturated heterocycles. The summed E-state index contributed by atoms with van der Waals surface area (Å²) in [6, 6.07) is 2.50. The van der Waals surface area contributed by atoms with E-state index in [9.17, 15) is 8.78 Å². The smallest absolute Gasteiger partial charge is 0.160 e. The van der Waals surface area contributed by atoms with Gasteiger partial charge < -0.3 is 9.74 Å². The van der Waals surface area contributed by atoms with Gasteiger partial charge in [-0.2, -0.15) is 5.48 Å². The number of halogens is 2. The lowest BCUT2D eigenvalue weighted by Gasteiger charge is -2.21. The first-order chi connectivity index (χ1) is 8.22. The van der Waals surface area contributed by atoms with Gasteiger partial charge >= 0.3 is 0 Å². The van der Waals surface area contributed by atoms with Crippen LogP contribution in [0.3, 0.4) is 0 Å². The summed E-state index contributed by atoms with van der Waals surface area (Å²) in [5.74, 6) is -1.62. The Bertz CT molecular complexity index is 392. The molecule has 0 aromatic heterocycles. The van der Waals surface area contributed by atoms with Crippen molar-refractivity contribution in [1.29, 1.82) is 0 Å². The molecule has 1 heterocycles. The zero-order valence-corrected chi connectivity index (χ0v) is 9.80. The Kier molecular flexibility index (Phi) is 3.91. The van der Waals surface area contributed by atoms with Gasteiger partial charge in [0, 0.05) is 31.4 Å². The van der Waals surface area contributed by atoms with Crippen LogP contribution in [0.4, 0.5) is 14.5 Å². The lowest BCUT2D eigenvalue weighted by Crippen LogP contribution is -2.22. The molecule has 0 saturated carbocycles. The minimum Gasteiger partial charge on any atom is -0.371 e. The van der Waals surface area contributed by atoms with Crippen LogP contribution in [-0.2, 0) is 11.4 Å². The fourth-order valence-corrected chi connectivity index (χ4v) is 2.12. The maximum atomic E-state index is 13.3. The third-order valence-corrected chi connectivity index (χ3v) is 2.98. The molecule has 1 fully saturated rings. The molecular formula is C12H16F2N2O. The standard InChI is InChI=1S/C12H16F2N2O/c1-17-15-8-9-6-10(13)11(14)7-12(9)16-4-2-3-5-16/h6-7,15H,2-5,8H2,1H3. The normalized spacial score (nSPS) is 15.6. The number of hydroxylamine groups is 1. The van der Waals surface area contributed by atoms with E-state index < -0.39 is 11.6 Å². The fourth-order valence-electron chi connectivity index (χ4n) is 2.12. The van der Waals surface area contributed by atoms with E-state index in [-0.39, 0.29) is 0 Å². The molecule has 1 aliphatic heterocycles. The van der Waals surface area contributed by atoms with Gasteiger partial charge in [-0.25, -0.2) is 8.78 Å². The van der Waals surface area contributed by atoms with Crippen LogP contribution >= 0.6 is 0 Å². The minimum absolute atomic E-state index is 0.361. The van der Waals surface area contributed by atoms with Crippen molar-refractivity contribution in [3.63, 3.8) is 0 Å². The molecule has 1 aliphatic rings. The van der Waals surface area contributed by atoms with Crippen LogP contribution in [0.25, 0.3) is 0 Å². The van der Waals surface area contributed by atoms with Gasteiger partial charge in [0.2, 0.25) is 0 Å². The lowest BCUT2D eigenvalue weighted by atomic mass is 10.1. The number of nitrogens with zero attached hydrogens (tertiary/aromatic N) is 1. The summed E-state index contributed by atoms with van der Waals surface area (Å²) >= 11 is 0. The Labute approximate surface area is 99.3 Å². The Morgan fingerprint density at radius 2 is 1.88 bits per heavy atom. The number of nitrogens with one attached hydrogen (secondary N) is 1. The van der Waals surface area contributed by atoms with Gasteiger partial charge in [-0.05, 0) is 24.5 Å². The monoisotopic (exact) mass is 242 g/mol. The first-order valence-corrected chi connectivity index (χ1v) is 5.71. The molecule has 1 N–H and O–H groups in total. The van der Waals surface area contributed by atoms with Crippen LogP contribution in [0.2, 0.25) is 0 Å². The van der Waals surface area contributed by atoms with Crippen molar-refractivity contribution in [2.75, 3.05) is 25.1 Å².